The molecule has 0 bridgehead atoms. The molecule has 0 radical (unpaired) electrons. The standard InChI is InChI=1S/C14H22N2O5/c1-13(2,3)21-12(20)16-7-6-14(11(18)19)5-4-10(17)15-9(14)8-16/h9H,4-8H2,1-3H3,(H,15,17)(H,18,19). The van der Waals surface area contributed by atoms with Crippen LogP contribution >= 0.6 is 0 Å². The van der Waals surface area contributed by atoms with E-state index in [9.17, 15) is 19.5 Å². The number of likely N-dealkylation sites (tertiary alicyclic amines) is 1. The summed E-state index contributed by atoms with van der Waals surface area (Å²) in [6.45, 7) is 5.83. The van der Waals surface area contributed by atoms with E-state index < -0.39 is 29.1 Å². The van der Waals surface area contributed by atoms with Gasteiger partial charge in [0, 0.05) is 19.5 Å². The van der Waals surface area contributed by atoms with Crippen molar-refractivity contribution in [1.82, 2.24) is 10.2 Å². The second-order valence-electron chi connectivity index (χ2n) is 6.76. The number of nitrogens with one attached hydrogen (secondary N) is 1. The molecule has 7 heteroatoms. The Morgan fingerprint density at radius 2 is 2.05 bits per heavy atom. The largest absolute Gasteiger partial charge is 0.481 e. The average Bonchev–Trinajstić information content (AvgIpc) is 2.35. The summed E-state index contributed by atoms with van der Waals surface area (Å²) >= 11 is 0. The number of carbonyl (C=O) groups excluding carboxylic acids is 2. The van der Waals surface area contributed by atoms with Crippen molar-refractivity contribution in [3.8, 4) is 0 Å². The number of nitrogens with zero attached hydrogens (tertiary/aromatic N) is 1. The Morgan fingerprint density at radius 1 is 1.38 bits per heavy atom. The average molecular weight is 298 g/mol. The number of fused-ring (bicyclic) bond motifs is 1. The molecule has 2 heterocycles. The molecule has 2 rings (SSSR count). The summed E-state index contributed by atoms with van der Waals surface area (Å²) in [5.41, 5.74) is -1.57. The van der Waals surface area contributed by atoms with E-state index in [4.69, 9.17) is 4.74 Å². The van der Waals surface area contributed by atoms with Crippen molar-refractivity contribution in [1.29, 1.82) is 0 Å². The van der Waals surface area contributed by atoms with E-state index in [0.29, 0.717) is 19.4 Å². The molecule has 0 aliphatic carbocycles. The van der Waals surface area contributed by atoms with Crippen LogP contribution in [0.5, 0.6) is 0 Å². The second kappa shape index (κ2) is 5.20. The Kier molecular flexibility index (Phi) is 3.86. The number of ether oxygens (including phenoxy) is 1. The van der Waals surface area contributed by atoms with E-state index >= 15 is 0 Å². The van der Waals surface area contributed by atoms with Gasteiger partial charge in [-0.2, -0.15) is 0 Å². The molecule has 21 heavy (non-hydrogen) atoms. The van der Waals surface area contributed by atoms with Crippen molar-refractivity contribution in [3.63, 3.8) is 0 Å². The Labute approximate surface area is 123 Å². The SMILES string of the molecule is CC(C)(C)OC(=O)N1CCC2(C(=O)O)CCC(=O)NC2C1. The maximum absolute atomic E-state index is 12.1. The molecule has 0 aromatic rings. The Balaban J connectivity index is 2.12. The molecule has 2 unspecified atom stereocenters. The number of carbonyl (C=O) groups is 3. The molecule has 2 aliphatic rings. The van der Waals surface area contributed by atoms with Crippen LogP contribution in [0.25, 0.3) is 0 Å². The lowest BCUT2D eigenvalue weighted by Crippen LogP contribution is -2.65. The van der Waals surface area contributed by atoms with Gasteiger partial charge in [-0.25, -0.2) is 4.79 Å². The van der Waals surface area contributed by atoms with Crippen LogP contribution in [0, 0.1) is 5.41 Å². The first kappa shape index (κ1) is 15.6. The van der Waals surface area contributed by atoms with Crippen molar-refractivity contribution in [2.45, 2.75) is 51.7 Å². The lowest BCUT2D eigenvalue weighted by Gasteiger charge is -2.47. The number of rotatable bonds is 1. The van der Waals surface area contributed by atoms with Crippen molar-refractivity contribution in [2.75, 3.05) is 13.1 Å². The summed E-state index contributed by atoms with van der Waals surface area (Å²) in [5.74, 6) is -1.07. The normalized spacial score (nSPS) is 29.4. The van der Waals surface area contributed by atoms with Gasteiger partial charge in [0.2, 0.25) is 5.91 Å². The lowest BCUT2D eigenvalue weighted by molar-refractivity contribution is -0.158. The zero-order valence-corrected chi connectivity index (χ0v) is 12.6. The highest BCUT2D eigenvalue weighted by Gasteiger charge is 2.53. The third-order valence-electron chi connectivity index (χ3n) is 4.11. The van der Waals surface area contributed by atoms with Crippen LogP contribution in [-0.2, 0) is 14.3 Å². The molecule has 0 saturated carbocycles. The maximum Gasteiger partial charge on any atom is 0.410 e. The van der Waals surface area contributed by atoms with Crippen molar-refractivity contribution < 1.29 is 24.2 Å². The van der Waals surface area contributed by atoms with Crippen LogP contribution in [0.4, 0.5) is 4.79 Å². The van der Waals surface area contributed by atoms with Gasteiger partial charge in [0.25, 0.3) is 0 Å². The maximum atomic E-state index is 12.1. The van der Waals surface area contributed by atoms with Gasteiger partial charge < -0.3 is 20.1 Å². The van der Waals surface area contributed by atoms with E-state index in [1.54, 1.807) is 20.8 Å². The van der Waals surface area contributed by atoms with Gasteiger partial charge in [0.05, 0.1) is 11.5 Å². The summed E-state index contributed by atoms with van der Waals surface area (Å²) < 4.78 is 5.30. The predicted octanol–water partition coefficient (Wildman–Crippen LogP) is 0.977. The Morgan fingerprint density at radius 3 is 2.62 bits per heavy atom. The number of carboxylic acid groups (broad SMARTS) is 1. The van der Waals surface area contributed by atoms with Crippen molar-refractivity contribution in [3.05, 3.63) is 0 Å². The molecule has 2 aliphatic heterocycles. The van der Waals surface area contributed by atoms with E-state index in [1.807, 2.05) is 0 Å². The summed E-state index contributed by atoms with van der Waals surface area (Å²) in [5, 5.41) is 12.3. The van der Waals surface area contributed by atoms with Crippen LogP contribution in [-0.4, -0.2) is 52.7 Å². The number of carboxylic acids is 1. The lowest BCUT2D eigenvalue weighted by atomic mass is 9.69. The summed E-state index contributed by atoms with van der Waals surface area (Å²) in [6.07, 6.45) is 0.393. The molecular weight excluding hydrogens is 276 g/mol. The van der Waals surface area contributed by atoms with E-state index in [1.165, 1.54) is 4.90 Å². The van der Waals surface area contributed by atoms with Gasteiger partial charge in [-0.15, -0.1) is 0 Å². The van der Waals surface area contributed by atoms with Gasteiger partial charge in [-0.1, -0.05) is 0 Å². The zero-order chi connectivity index (χ0) is 15.8. The molecule has 7 nitrogen and oxygen atoms in total. The molecule has 118 valence electrons. The van der Waals surface area contributed by atoms with Crippen LogP contribution < -0.4 is 5.32 Å². The number of hydrogen-bond acceptors (Lipinski definition) is 4. The van der Waals surface area contributed by atoms with E-state index in [0.717, 1.165) is 0 Å². The van der Waals surface area contributed by atoms with E-state index in [2.05, 4.69) is 5.32 Å². The zero-order valence-electron chi connectivity index (χ0n) is 12.6. The van der Waals surface area contributed by atoms with Gasteiger partial charge >= 0.3 is 12.1 Å². The highest BCUT2D eigenvalue weighted by atomic mass is 16.6. The minimum Gasteiger partial charge on any atom is -0.481 e. The number of aliphatic carboxylic acids is 1. The topological polar surface area (TPSA) is 95.9 Å². The Hall–Kier alpha value is -1.79. The smallest absolute Gasteiger partial charge is 0.410 e. The van der Waals surface area contributed by atoms with Crippen LogP contribution in [0.3, 0.4) is 0 Å². The van der Waals surface area contributed by atoms with Gasteiger partial charge in [0.15, 0.2) is 0 Å². The molecule has 0 aromatic carbocycles. The minimum absolute atomic E-state index is 0.164. The first-order chi connectivity index (χ1) is 9.64. The molecule has 2 amide bonds. The molecular formula is C14H22N2O5. The molecule has 0 spiro atoms. The van der Waals surface area contributed by atoms with Crippen LogP contribution in [0.15, 0.2) is 0 Å². The van der Waals surface area contributed by atoms with Gasteiger partial charge in [0.1, 0.15) is 5.60 Å². The fourth-order valence-electron chi connectivity index (χ4n) is 2.94. The van der Waals surface area contributed by atoms with Crippen LogP contribution in [0.2, 0.25) is 0 Å². The fraction of sp³-hybridized carbons (Fsp3) is 0.786. The van der Waals surface area contributed by atoms with Crippen LogP contribution in [0.1, 0.15) is 40.0 Å². The predicted molar refractivity (Wildman–Crippen MR) is 73.7 cm³/mol. The summed E-state index contributed by atoms with van der Waals surface area (Å²) in [7, 11) is 0. The molecule has 0 aromatic heterocycles. The first-order valence-electron chi connectivity index (χ1n) is 7.15. The number of amides is 2. The first-order valence-corrected chi connectivity index (χ1v) is 7.15. The van der Waals surface area contributed by atoms with Gasteiger partial charge in [-0.3, -0.25) is 9.59 Å². The molecule has 2 fully saturated rings. The third kappa shape index (κ3) is 3.11. The quantitative estimate of drug-likeness (QED) is 0.752. The van der Waals surface area contributed by atoms with Gasteiger partial charge in [-0.05, 0) is 33.6 Å². The molecule has 2 atom stereocenters. The molecule has 2 saturated heterocycles. The highest BCUT2D eigenvalue weighted by Crippen LogP contribution is 2.39. The molecule has 2 N–H and O–H groups in total. The summed E-state index contributed by atoms with van der Waals surface area (Å²) in [4.78, 5) is 36.7. The van der Waals surface area contributed by atoms with E-state index in [-0.39, 0.29) is 18.9 Å². The second-order valence-corrected chi connectivity index (χ2v) is 6.76. The van der Waals surface area contributed by atoms with Crippen molar-refractivity contribution in [2.24, 2.45) is 5.41 Å². The number of piperidine rings is 2. The Bertz CT molecular complexity index is 470. The fourth-order valence-corrected chi connectivity index (χ4v) is 2.94. The third-order valence-corrected chi connectivity index (χ3v) is 4.11. The van der Waals surface area contributed by atoms with Crippen molar-refractivity contribution >= 4 is 18.0 Å². The minimum atomic E-state index is -0.966. The highest BCUT2D eigenvalue weighted by molar-refractivity contribution is 5.84. The summed E-state index contributed by atoms with van der Waals surface area (Å²) in [6, 6.07) is -0.558. The monoisotopic (exact) mass is 298 g/mol. The number of hydrogen-bond donors (Lipinski definition) is 2.